The van der Waals surface area contributed by atoms with Crippen LogP contribution >= 0.6 is 23.5 Å². The van der Waals surface area contributed by atoms with Crippen molar-refractivity contribution >= 4 is 81.0 Å². The van der Waals surface area contributed by atoms with Gasteiger partial charge in [0.05, 0.1) is 11.5 Å². The second-order valence-electron chi connectivity index (χ2n) is 12.5. The van der Waals surface area contributed by atoms with Gasteiger partial charge >= 0.3 is 0 Å². The van der Waals surface area contributed by atoms with E-state index in [1.807, 2.05) is 0 Å². The molecule has 3 aliphatic heterocycles. The number of amides is 6. The zero-order valence-corrected chi connectivity index (χ0v) is 29.8. The molecule has 2 aliphatic carbocycles. The first-order chi connectivity index (χ1) is 23.1. The molecule has 48 heavy (non-hydrogen) atoms. The molecule has 0 saturated heterocycles. The first-order valence-electron chi connectivity index (χ1n) is 17.1. The van der Waals surface area contributed by atoms with E-state index in [1.165, 1.54) is 0 Å². The molecule has 260 valence electrons. The van der Waals surface area contributed by atoms with Crippen molar-refractivity contribution in [3.63, 3.8) is 0 Å². The van der Waals surface area contributed by atoms with Crippen LogP contribution in [-0.2, 0) is 28.8 Å². The number of carbonyl (C=O) groups is 6. The van der Waals surface area contributed by atoms with Crippen LogP contribution in [0, 0.1) is 0 Å². The minimum absolute atomic E-state index is 0.000214. The summed E-state index contributed by atoms with van der Waals surface area (Å²) >= 11 is 2.00. The van der Waals surface area contributed by atoms with Gasteiger partial charge in [-0.25, -0.2) is 9.98 Å². The number of hydrogen-bond acceptors (Lipinski definition) is 12. The van der Waals surface area contributed by atoms with Crippen LogP contribution in [0.5, 0.6) is 0 Å². The molecule has 0 radical (unpaired) electrons. The van der Waals surface area contributed by atoms with Crippen LogP contribution in [-0.4, -0.2) is 99.9 Å². The molecule has 0 aromatic carbocycles. The molecule has 6 amide bonds. The maximum absolute atomic E-state index is 13.9. The van der Waals surface area contributed by atoms with Gasteiger partial charge < -0.3 is 0 Å². The third kappa shape index (κ3) is 6.49. The minimum atomic E-state index is -0.982. The van der Waals surface area contributed by atoms with Crippen molar-refractivity contribution in [1.82, 2.24) is 19.8 Å². The fraction of sp³-hybridized carbons (Fsp3) is 0.688. The lowest BCUT2D eigenvalue weighted by Crippen LogP contribution is -2.56. The van der Waals surface area contributed by atoms with E-state index in [0.717, 1.165) is 72.1 Å². The second kappa shape index (κ2) is 15.0. The Kier molecular flexibility index (Phi) is 11.2. The Labute approximate surface area is 289 Å². The summed E-state index contributed by atoms with van der Waals surface area (Å²) in [5.41, 5.74) is -1.96. The number of fused-ring (bicyclic) bond motifs is 4. The topological polar surface area (TPSA) is 165 Å². The molecule has 2 saturated carbocycles. The number of rotatable bonds is 4. The average molecular weight is 701 g/mol. The highest BCUT2D eigenvalue weighted by Gasteiger charge is 2.54. The Hall–Kier alpha value is -3.40. The van der Waals surface area contributed by atoms with Crippen molar-refractivity contribution < 1.29 is 28.8 Å². The molecular formula is C32H44N8O6S2. The Bertz CT molecular complexity index is 1380. The number of aliphatic imine (C=N–C) groups is 2. The van der Waals surface area contributed by atoms with E-state index in [2.05, 4.69) is 10.2 Å². The van der Waals surface area contributed by atoms with E-state index >= 15 is 0 Å². The summed E-state index contributed by atoms with van der Waals surface area (Å²) in [5.74, 6) is -2.93. The van der Waals surface area contributed by atoms with Crippen molar-refractivity contribution in [2.24, 2.45) is 20.2 Å². The molecule has 16 heteroatoms. The number of hydrogen-bond donors (Lipinski definition) is 0. The first-order valence-corrected chi connectivity index (χ1v) is 19.0. The normalized spacial score (nSPS) is 25.0. The number of thioether (sulfide) groups is 2. The molecule has 5 rings (SSSR count). The van der Waals surface area contributed by atoms with Gasteiger partial charge in [0.15, 0.2) is 22.0 Å². The molecule has 3 heterocycles. The summed E-state index contributed by atoms with van der Waals surface area (Å²) in [6.07, 6.45) is 7.45. The second-order valence-corrected chi connectivity index (χ2v) is 14.4. The lowest BCUT2D eigenvalue weighted by atomic mass is 9.80. The van der Waals surface area contributed by atoms with Gasteiger partial charge in [-0.05, 0) is 25.7 Å². The highest BCUT2D eigenvalue weighted by Crippen LogP contribution is 2.44. The SMILES string of the molecule is CCC(=O)N1/N=C2\N=C(SCC(=O)N(C(=O)CC)/N=C3\N=C(SCC1=O)N(C(=O)CC)C31CCCCC1)N(C(=O)CC)C21CCCCC1. The van der Waals surface area contributed by atoms with Gasteiger partial charge in [-0.15, -0.1) is 10.2 Å². The number of carbonyl (C=O) groups excluding carboxylic acids is 6. The summed E-state index contributed by atoms with van der Waals surface area (Å²) < 4.78 is 0. The quantitative estimate of drug-likeness (QED) is 0.420. The summed E-state index contributed by atoms with van der Waals surface area (Å²) in [6.45, 7) is 6.76. The predicted molar refractivity (Wildman–Crippen MR) is 185 cm³/mol. The van der Waals surface area contributed by atoms with Gasteiger partial charge in [-0.3, -0.25) is 38.6 Å². The monoisotopic (exact) mass is 700 g/mol. The molecule has 0 aromatic heterocycles. The number of imide groups is 2. The van der Waals surface area contributed by atoms with Gasteiger partial charge in [0.25, 0.3) is 11.8 Å². The predicted octanol–water partition coefficient (Wildman–Crippen LogP) is 4.25. The Morgan fingerprint density at radius 1 is 0.562 bits per heavy atom. The van der Waals surface area contributed by atoms with Crippen molar-refractivity contribution in [3.05, 3.63) is 0 Å². The highest BCUT2D eigenvalue weighted by molar-refractivity contribution is 8.14. The van der Waals surface area contributed by atoms with Gasteiger partial charge in [0, 0.05) is 25.7 Å². The molecule has 5 aliphatic rings. The third-order valence-corrected chi connectivity index (χ3v) is 11.4. The van der Waals surface area contributed by atoms with Gasteiger partial charge in [-0.2, -0.15) is 10.0 Å². The minimum Gasteiger partial charge on any atom is -0.277 e. The lowest BCUT2D eigenvalue weighted by Gasteiger charge is -2.41. The summed E-state index contributed by atoms with van der Waals surface area (Å²) in [4.78, 5) is 94.2. The average Bonchev–Trinajstić information content (AvgIpc) is 3.56. The van der Waals surface area contributed by atoms with Gasteiger partial charge in [0.2, 0.25) is 23.6 Å². The van der Waals surface area contributed by atoms with Crippen molar-refractivity contribution in [2.75, 3.05) is 11.5 Å². The Morgan fingerprint density at radius 2 is 0.896 bits per heavy atom. The zero-order chi connectivity index (χ0) is 34.6. The van der Waals surface area contributed by atoms with Gasteiger partial charge in [0.1, 0.15) is 11.1 Å². The van der Waals surface area contributed by atoms with Gasteiger partial charge in [-0.1, -0.05) is 89.7 Å². The number of nitrogens with zero attached hydrogens (tertiary/aromatic N) is 8. The molecule has 4 bridgehead atoms. The van der Waals surface area contributed by atoms with Crippen LogP contribution in [0.1, 0.15) is 118 Å². The van der Waals surface area contributed by atoms with E-state index in [9.17, 15) is 28.8 Å². The van der Waals surface area contributed by atoms with E-state index < -0.39 is 34.7 Å². The molecule has 0 N–H and O–H groups in total. The molecule has 0 atom stereocenters. The summed E-state index contributed by atoms with van der Waals surface area (Å²) in [5, 5.41) is 11.4. The van der Waals surface area contributed by atoms with Crippen LogP contribution in [0.3, 0.4) is 0 Å². The van der Waals surface area contributed by atoms with E-state index in [1.54, 1.807) is 37.5 Å². The first kappa shape index (κ1) is 35.9. The summed E-state index contributed by atoms with van der Waals surface area (Å²) in [7, 11) is 0. The van der Waals surface area contributed by atoms with Crippen LogP contribution in [0.15, 0.2) is 20.2 Å². The zero-order valence-electron chi connectivity index (χ0n) is 28.2. The third-order valence-electron chi connectivity index (χ3n) is 9.53. The van der Waals surface area contributed by atoms with Crippen LogP contribution in [0.2, 0.25) is 0 Å². The van der Waals surface area contributed by atoms with Crippen molar-refractivity contribution in [3.8, 4) is 0 Å². The van der Waals surface area contributed by atoms with Crippen LogP contribution < -0.4 is 0 Å². The van der Waals surface area contributed by atoms with Crippen molar-refractivity contribution in [1.29, 1.82) is 0 Å². The smallest absolute Gasteiger partial charge is 0.260 e. The standard InChI is InChI=1S/C32H44N8O6S2/c1-5-21(41)37-29-33-27(31(37)15-11-9-12-16-31)35-39(23(43)7-3)26(46)20-48-30-34-28(36-40(24(44)8-4)25(45)19-47-29)32(17-13-10-14-18-32)38(30)22(42)6-2/h5-20H2,1-4H3/b35-27-,36-28-. The molecule has 14 nitrogen and oxygen atoms in total. The maximum atomic E-state index is 13.9. The van der Waals surface area contributed by atoms with Crippen LogP contribution in [0.4, 0.5) is 0 Å². The van der Waals surface area contributed by atoms with E-state index in [-0.39, 0.29) is 71.0 Å². The molecule has 0 aromatic rings. The van der Waals surface area contributed by atoms with E-state index in [4.69, 9.17) is 9.98 Å². The van der Waals surface area contributed by atoms with E-state index in [0.29, 0.717) is 25.7 Å². The number of hydrazone groups is 2. The highest BCUT2D eigenvalue weighted by atomic mass is 32.2. The molecule has 2 spiro atoms. The molecular weight excluding hydrogens is 657 g/mol. The van der Waals surface area contributed by atoms with Crippen molar-refractivity contribution in [2.45, 2.75) is 129 Å². The fourth-order valence-electron chi connectivity index (χ4n) is 7.02. The molecule has 2 fully saturated rings. The largest absolute Gasteiger partial charge is 0.277 e. The molecule has 0 unspecified atom stereocenters. The van der Waals surface area contributed by atoms with Crippen LogP contribution in [0.25, 0.3) is 0 Å². The summed E-state index contributed by atoms with van der Waals surface area (Å²) in [6, 6.07) is 0. The fourth-order valence-corrected chi connectivity index (χ4v) is 8.88. The lowest BCUT2D eigenvalue weighted by molar-refractivity contribution is -0.144. The maximum Gasteiger partial charge on any atom is 0.260 e. The Balaban J connectivity index is 1.67. The number of amidine groups is 4. The Morgan fingerprint density at radius 3 is 1.21 bits per heavy atom.